The molecule has 0 aliphatic carbocycles. The van der Waals surface area contributed by atoms with Crippen molar-refractivity contribution in [3.8, 4) is 11.8 Å². The molecule has 1 unspecified atom stereocenters. The molecule has 1 amide bonds. The molecule has 2 aromatic rings. The molecule has 0 bridgehead atoms. The minimum atomic E-state index is -0.0605. The fraction of sp³-hybridized carbons (Fsp3) is 0.300. The van der Waals surface area contributed by atoms with E-state index in [4.69, 9.17) is 10.00 Å². The molecule has 124 valence electrons. The van der Waals surface area contributed by atoms with Gasteiger partial charge in [0.25, 0.3) is 0 Å². The molecule has 0 fully saturated rings. The second-order valence-corrected chi connectivity index (χ2v) is 5.73. The number of hydrogen-bond donors (Lipinski definition) is 0. The number of rotatable bonds is 6. The SMILES string of the molecule is COc1ccccc1C(C)N(C)C(=O)CCc1ccc(C#N)cc1. The van der Waals surface area contributed by atoms with Gasteiger partial charge in [0.1, 0.15) is 5.75 Å². The van der Waals surface area contributed by atoms with Crippen molar-refractivity contribution in [1.82, 2.24) is 4.90 Å². The van der Waals surface area contributed by atoms with Crippen molar-refractivity contribution < 1.29 is 9.53 Å². The van der Waals surface area contributed by atoms with Gasteiger partial charge in [-0.15, -0.1) is 0 Å². The first-order valence-corrected chi connectivity index (χ1v) is 7.94. The van der Waals surface area contributed by atoms with Crippen LogP contribution in [-0.4, -0.2) is 25.0 Å². The number of nitrogens with zero attached hydrogens (tertiary/aromatic N) is 2. The molecule has 0 aromatic heterocycles. The van der Waals surface area contributed by atoms with Crippen LogP contribution in [0.3, 0.4) is 0 Å². The summed E-state index contributed by atoms with van der Waals surface area (Å²) in [5.41, 5.74) is 2.68. The summed E-state index contributed by atoms with van der Waals surface area (Å²) in [7, 11) is 3.45. The highest BCUT2D eigenvalue weighted by molar-refractivity contribution is 5.76. The van der Waals surface area contributed by atoms with Gasteiger partial charge in [-0.3, -0.25) is 4.79 Å². The lowest BCUT2D eigenvalue weighted by molar-refractivity contribution is -0.131. The number of benzene rings is 2. The summed E-state index contributed by atoms with van der Waals surface area (Å²) in [4.78, 5) is 14.2. The van der Waals surface area contributed by atoms with Crippen LogP contribution >= 0.6 is 0 Å². The molecule has 0 spiro atoms. The lowest BCUT2D eigenvalue weighted by atomic mass is 10.0. The predicted octanol–water partition coefficient (Wildman–Crippen LogP) is 3.72. The summed E-state index contributed by atoms with van der Waals surface area (Å²) in [6, 6.07) is 17.1. The fourth-order valence-corrected chi connectivity index (χ4v) is 2.61. The first kappa shape index (κ1) is 17.6. The maximum atomic E-state index is 12.5. The molecule has 2 rings (SSSR count). The third-order valence-electron chi connectivity index (χ3n) is 4.27. The zero-order valence-electron chi connectivity index (χ0n) is 14.3. The van der Waals surface area contributed by atoms with E-state index in [-0.39, 0.29) is 11.9 Å². The Morgan fingerprint density at radius 2 is 1.88 bits per heavy atom. The summed E-state index contributed by atoms with van der Waals surface area (Å²) >= 11 is 0. The Labute approximate surface area is 143 Å². The molecule has 0 aliphatic rings. The molecule has 1 atom stereocenters. The Morgan fingerprint density at radius 1 is 1.21 bits per heavy atom. The molecular weight excluding hydrogens is 300 g/mol. The highest BCUT2D eigenvalue weighted by Gasteiger charge is 2.19. The highest BCUT2D eigenvalue weighted by atomic mass is 16.5. The number of para-hydroxylation sites is 1. The first-order chi connectivity index (χ1) is 11.6. The van der Waals surface area contributed by atoms with Crippen molar-refractivity contribution in [2.45, 2.75) is 25.8 Å². The van der Waals surface area contributed by atoms with Gasteiger partial charge in [-0.05, 0) is 37.1 Å². The van der Waals surface area contributed by atoms with Crippen molar-refractivity contribution in [3.63, 3.8) is 0 Å². The van der Waals surface area contributed by atoms with Crippen molar-refractivity contribution in [3.05, 3.63) is 65.2 Å². The maximum Gasteiger partial charge on any atom is 0.223 e. The molecule has 4 nitrogen and oxygen atoms in total. The Balaban J connectivity index is 1.99. The Kier molecular flexibility index (Phi) is 5.97. The van der Waals surface area contributed by atoms with Gasteiger partial charge in [0.05, 0.1) is 24.8 Å². The maximum absolute atomic E-state index is 12.5. The van der Waals surface area contributed by atoms with Crippen molar-refractivity contribution in [1.29, 1.82) is 5.26 Å². The Hall–Kier alpha value is -2.80. The number of carbonyl (C=O) groups is 1. The summed E-state index contributed by atoms with van der Waals surface area (Å²) in [6.45, 7) is 2.00. The van der Waals surface area contributed by atoms with Crippen LogP contribution in [0.5, 0.6) is 5.75 Å². The van der Waals surface area contributed by atoms with Crippen LogP contribution < -0.4 is 4.74 Å². The molecule has 0 saturated carbocycles. The van der Waals surface area contributed by atoms with Crippen LogP contribution in [0.2, 0.25) is 0 Å². The number of aryl methyl sites for hydroxylation is 1. The summed E-state index contributed by atoms with van der Waals surface area (Å²) < 4.78 is 5.38. The van der Waals surface area contributed by atoms with E-state index in [1.165, 1.54) is 0 Å². The van der Waals surface area contributed by atoms with Gasteiger partial charge in [0.15, 0.2) is 0 Å². The van der Waals surface area contributed by atoms with Crippen LogP contribution in [0.4, 0.5) is 0 Å². The van der Waals surface area contributed by atoms with Crippen LogP contribution in [0.15, 0.2) is 48.5 Å². The van der Waals surface area contributed by atoms with Crippen LogP contribution in [0.25, 0.3) is 0 Å². The number of ether oxygens (including phenoxy) is 1. The van der Waals surface area contributed by atoms with E-state index in [9.17, 15) is 4.79 Å². The van der Waals surface area contributed by atoms with E-state index in [1.807, 2.05) is 50.4 Å². The van der Waals surface area contributed by atoms with Gasteiger partial charge >= 0.3 is 0 Å². The highest BCUT2D eigenvalue weighted by Crippen LogP contribution is 2.28. The molecular formula is C20H22N2O2. The normalized spacial score (nSPS) is 11.4. The molecule has 24 heavy (non-hydrogen) atoms. The fourth-order valence-electron chi connectivity index (χ4n) is 2.61. The topological polar surface area (TPSA) is 53.3 Å². The van der Waals surface area contributed by atoms with Gasteiger partial charge in [-0.2, -0.15) is 5.26 Å². The number of amides is 1. The van der Waals surface area contributed by atoms with Gasteiger partial charge in [0, 0.05) is 19.0 Å². The zero-order valence-corrected chi connectivity index (χ0v) is 14.3. The lowest BCUT2D eigenvalue weighted by Crippen LogP contribution is -2.30. The van der Waals surface area contributed by atoms with E-state index >= 15 is 0 Å². The lowest BCUT2D eigenvalue weighted by Gasteiger charge is -2.26. The van der Waals surface area contributed by atoms with Crippen molar-refractivity contribution >= 4 is 5.91 Å². The minimum absolute atomic E-state index is 0.0605. The molecule has 4 heteroatoms. The largest absolute Gasteiger partial charge is 0.496 e. The summed E-state index contributed by atoms with van der Waals surface area (Å²) in [5.74, 6) is 0.870. The average Bonchev–Trinajstić information content (AvgIpc) is 2.65. The smallest absolute Gasteiger partial charge is 0.223 e. The second kappa shape index (κ2) is 8.16. The standard InChI is InChI=1S/C20H22N2O2/c1-15(18-6-4-5-7-19(18)24-3)22(2)20(23)13-12-16-8-10-17(14-21)11-9-16/h4-11,15H,12-13H2,1-3H3. The van der Waals surface area contributed by atoms with Gasteiger partial charge in [-0.1, -0.05) is 30.3 Å². The van der Waals surface area contributed by atoms with Gasteiger partial charge < -0.3 is 9.64 Å². The number of methoxy groups -OCH3 is 1. The molecule has 2 aromatic carbocycles. The zero-order chi connectivity index (χ0) is 17.5. The van der Waals surface area contributed by atoms with E-state index in [2.05, 4.69) is 6.07 Å². The quantitative estimate of drug-likeness (QED) is 0.814. The molecule has 0 aliphatic heterocycles. The van der Waals surface area contributed by atoms with Crippen molar-refractivity contribution in [2.24, 2.45) is 0 Å². The van der Waals surface area contributed by atoms with E-state index in [0.717, 1.165) is 16.9 Å². The predicted molar refractivity (Wildman–Crippen MR) is 93.7 cm³/mol. The Morgan fingerprint density at radius 3 is 2.50 bits per heavy atom. The number of hydrogen-bond acceptors (Lipinski definition) is 3. The monoisotopic (exact) mass is 322 g/mol. The third kappa shape index (κ3) is 4.14. The van der Waals surface area contributed by atoms with E-state index < -0.39 is 0 Å². The molecule has 0 saturated heterocycles. The Bertz CT molecular complexity index is 732. The number of nitriles is 1. The van der Waals surface area contributed by atoms with Crippen LogP contribution in [0.1, 0.15) is 36.1 Å². The molecule has 0 radical (unpaired) electrons. The van der Waals surface area contributed by atoms with E-state index in [1.54, 1.807) is 24.1 Å². The number of carbonyl (C=O) groups excluding carboxylic acids is 1. The first-order valence-electron chi connectivity index (χ1n) is 7.94. The van der Waals surface area contributed by atoms with Crippen LogP contribution in [-0.2, 0) is 11.2 Å². The molecule has 0 heterocycles. The summed E-state index contributed by atoms with van der Waals surface area (Å²) in [5, 5.41) is 8.81. The van der Waals surface area contributed by atoms with Gasteiger partial charge in [-0.25, -0.2) is 0 Å². The molecule has 0 N–H and O–H groups in total. The summed E-state index contributed by atoms with van der Waals surface area (Å²) in [6.07, 6.45) is 1.09. The van der Waals surface area contributed by atoms with E-state index in [0.29, 0.717) is 18.4 Å². The second-order valence-electron chi connectivity index (χ2n) is 5.73. The minimum Gasteiger partial charge on any atom is -0.496 e. The average molecular weight is 322 g/mol. The van der Waals surface area contributed by atoms with Crippen LogP contribution in [0, 0.1) is 11.3 Å². The van der Waals surface area contributed by atoms with Crippen molar-refractivity contribution in [2.75, 3.05) is 14.2 Å². The van der Waals surface area contributed by atoms with Gasteiger partial charge in [0.2, 0.25) is 5.91 Å². The third-order valence-corrected chi connectivity index (χ3v) is 4.27.